The first-order chi connectivity index (χ1) is 9.61. The van der Waals surface area contributed by atoms with Crippen LogP contribution in [0.3, 0.4) is 0 Å². The van der Waals surface area contributed by atoms with Gasteiger partial charge in [0.2, 0.25) is 0 Å². The second kappa shape index (κ2) is 6.51. The monoisotopic (exact) mass is 269 g/mol. The van der Waals surface area contributed by atoms with Gasteiger partial charge in [0.25, 0.3) is 0 Å². The first kappa shape index (κ1) is 14.5. The van der Waals surface area contributed by atoms with Crippen molar-refractivity contribution < 1.29 is 0 Å². The van der Waals surface area contributed by atoms with Gasteiger partial charge in [0, 0.05) is 31.0 Å². The molecule has 0 aromatic carbocycles. The van der Waals surface area contributed by atoms with Crippen LogP contribution >= 0.6 is 0 Å². The third-order valence-corrected chi connectivity index (χ3v) is 3.51. The van der Waals surface area contributed by atoms with Crippen molar-refractivity contribution in [2.75, 3.05) is 18.5 Å². The van der Waals surface area contributed by atoms with Crippen LogP contribution < -0.4 is 4.90 Å². The quantitative estimate of drug-likeness (QED) is 0.821. The molecule has 106 valence electrons. The van der Waals surface area contributed by atoms with Crippen LogP contribution in [-0.2, 0) is 0 Å². The Morgan fingerprint density at radius 3 is 2.60 bits per heavy atom. The number of aromatic nitrogens is 2. The van der Waals surface area contributed by atoms with Crippen LogP contribution in [-0.4, -0.2) is 23.6 Å². The predicted octanol–water partition coefficient (Wildman–Crippen LogP) is 4.00. The first-order valence-electron chi connectivity index (χ1n) is 7.23. The fourth-order valence-electron chi connectivity index (χ4n) is 2.34. The van der Waals surface area contributed by atoms with Crippen LogP contribution in [0.15, 0.2) is 30.5 Å². The standard InChI is InChI=1S/C17H23N3/c1-5-6-11-20(4)17-8-7-16(19-14(17)3)15-9-10-18-13(2)12-15/h7-10,12H,5-6,11H2,1-4H3. The molecule has 0 fully saturated rings. The van der Waals surface area contributed by atoms with Crippen LogP contribution in [0.1, 0.15) is 31.2 Å². The molecule has 0 unspecified atom stereocenters. The fraction of sp³-hybridized carbons (Fsp3) is 0.412. The number of hydrogen-bond donors (Lipinski definition) is 0. The summed E-state index contributed by atoms with van der Waals surface area (Å²) in [4.78, 5) is 11.3. The topological polar surface area (TPSA) is 29.0 Å². The average molecular weight is 269 g/mol. The summed E-state index contributed by atoms with van der Waals surface area (Å²) in [5.41, 5.74) is 5.46. The normalized spacial score (nSPS) is 10.6. The lowest BCUT2D eigenvalue weighted by Crippen LogP contribution is -2.19. The Bertz CT molecular complexity index is 578. The van der Waals surface area contributed by atoms with Crippen LogP contribution in [0.2, 0.25) is 0 Å². The smallest absolute Gasteiger partial charge is 0.0708 e. The summed E-state index contributed by atoms with van der Waals surface area (Å²) in [6, 6.07) is 8.35. The Morgan fingerprint density at radius 1 is 1.15 bits per heavy atom. The van der Waals surface area contributed by atoms with E-state index >= 15 is 0 Å². The predicted molar refractivity (Wildman–Crippen MR) is 85.1 cm³/mol. The van der Waals surface area contributed by atoms with E-state index in [1.54, 1.807) is 0 Å². The highest BCUT2D eigenvalue weighted by molar-refractivity contribution is 5.63. The van der Waals surface area contributed by atoms with Crippen molar-refractivity contribution in [1.82, 2.24) is 9.97 Å². The van der Waals surface area contributed by atoms with Gasteiger partial charge in [-0.25, -0.2) is 0 Å². The molecule has 2 rings (SSSR count). The fourth-order valence-corrected chi connectivity index (χ4v) is 2.34. The lowest BCUT2D eigenvalue weighted by atomic mass is 10.1. The van der Waals surface area contributed by atoms with Crippen LogP contribution in [0.25, 0.3) is 11.3 Å². The Balaban J connectivity index is 2.25. The van der Waals surface area contributed by atoms with Gasteiger partial charge in [-0.3, -0.25) is 9.97 Å². The van der Waals surface area contributed by atoms with Crippen molar-refractivity contribution >= 4 is 5.69 Å². The summed E-state index contributed by atoms with van der Waals surface area (Å²) < 4.78 is 0. The highest BCUT2D eigenvalue weighted by Gasteiger charge is 2.08. The molecule has 0 bridgehead atoms. The zero-order valence-corrected chi connectivity index (χ0v) is 12.8. The Labute approximate surface area is 121 Å². The highest BCUT2D eigenvalue weighted by atomic mass is 15.1. The van der Waals surface area contributed by atoms with Crippen molar-refractivity contribution in [3.8, 4) is 11.3 Å². The average Bonchev–Trinajstić information content (AvgIpc) is 2.44. The molecule has 0 aliphatic heterocycles. The molecule has 0 aliphatic rings. The zero-order valence-electron chi connectivity index (χ0n) is 12.8. The van der Waals surface area contributed by atoms with Gasteiger partial charge in [0.15, 0.2) is 0 Å². The molecule has 2 aromatic heterocycles. The molecule has 20 heavy (non-hydrogen) atoms. The summed E-state index contributed by atoms with van der Waals surface area (Å²) >= 11 is 0. The molecule has 3 heteroatoms. The second-order valence-electron chi connectivity index (χ2n) is 5.26. The number of nitrogens with zero attached hydrogens (tertiary/aromatic N) is 3. The summed E-state index contributed by atoms with van der Waals surface area (Å²) in [6.45, 7) is 7.37. The number of unbranched alkanes of at least 4 members (excludes halogenated alkanes) is 1. The van der Waals surface area contributed by atoms with Gasteiger partial charge >= 0.3 is 0 Å². The third kappa shape index (κ3) is 3.35. The van der Waals surface area contributed by atoms with E-state index in [-0.39, 0.29) is 0 Å². The molecule has 0 aliphatic carbocycles. The number of anilines is 1. The number of pyridine rings is 2. The first-order valence-corrected chi connectivity index (χ1v) is 7.23. The molecule has 0 spiro atoms. The maximum Gasteiger partial charge on any atom is 0.0708 e. The molecule has 2 aromatic rings. The summed E-state index contributed by atoms with van der Waals surface area (Å²) in [6.07, 6.45) is 4.26. The Kier molecular flexibility index (Phi) is 4.72. The van der Waals surface area contributed by atoms with E-state index in [1.165, 1.54) is 18.5 Å². The molecule has 0 N–H and O–H groups in total. The van der Waals surface area contributed by atoms with Gasteiger partial charge in [-0.1, -0.05) is 13.3 Å². The summed E-state index contributed by atoms with van der Waals surface area (Å²) in [5, 5.41) is 0. The summed E-state index contributed by atoms with van der Waals surface area (Å²) in [5.74, 6) is 0. The Morgan fingerprint density at radius 2 is 1.95 bits per heavy atom. The minimum absolute atomic E-state index is 1.01. The highest BCUT2D eigenvalue weighted by Crippen LogP contribution is 2.23. The van der Waals surface area contributed by atoms with E-state index in [0.717, 1.165) is 29.2 Å². The lowest BCUT2D eigenvalue weighted by molar-refractivity contribution is 0.763. The van der Waals surface area contributed by atoms with E-state index < -0.39 is 0 Å². The molecule has 0 atom stereocenters. The van der Waals surface area contributed by atoms with E-state index in [2.05, 4.69) is 49.0 Å². The molecular weight excluding hydrogens is 246 g/mol. The van der Waals surface area contributed by atoms with E-state index in [0.29, 0.717) is 0 Å². The molecule has 2 heterocycles. The third-order valence-electron chi connectivity index (χ3n) is 3.51. The second-order valence-corrected chi connectivity index (χ2v) is 5.26. The zero-order chi connectivity index (χ0) is 14.5. The molecule has 0 saturated carbocycles. The van der Waals surface area contributed by atoms with Gasteiger partial charge in [-0.2, -0.15) is 0 Å². The minimum atomic E-state index is 1.01. The lowest BCUT2D eigenvalue weighted by Gasteiger charge is -2.21. The van der Waals surface area contributed by atoms with Gasteiger partial charge in [0.1, 0.15) is 0 Å². The maximum atomic E-state index is 4.74. The van der Waals surface area contributed by atoms with Crippen LogP contribution in [0.5, 0.6) is 0 Å². The molecular formula is C17H23N3. The van der Waals surface area contributed by atoms with Gasteiger partial charge < -0.3 is 4.90 Å². The van der Waals surface area contributed by atoms with Crippen molar-refractivity contribution in [1.29, 1.82) is 0 Å². The van der Waals surface area contributed by atoms with Crippen molar-refractivity contribution in [2.45, 2.75) is 33.6 Å². The van der Waals surface area contributed by atoms with E-state index in [1.807, 2.05) is 19.2 Å². The van der Waals surface area contributed by atoms with Gasteiger partial charge in [-0.05, 0) is 44.5 Å². The van der Waals surface area contributed by atoms with Crippen molar-refractivity contribution in [3.63, 3.8) is 0 Å². The maximum absolute atomic E-state index is 4.74. The van der Waals surface area contributed by atoms with Crippen molar-refractivity contribution in [3.05, 3.63) is 41.9 Å². The SMILES string of the molecule is CCCCN(C)c1ccc(-c2ccnc(C)c2)nc1C. The molecule has 0 radical (unpaired) electrons. The molecule has 0 saturated heterocycles. The van der Waals surface area contributed by atoms with Gasteiger partial charge in [-0.15, -0.1) is 0 Å². The largest absolute Gasteiger partial charge is 0.373 e. The number of rotatable bonds is 5. The molecule has 3 nitrogen and oxygen atoms in total. The van der Waals surface area contributed by atoms with E-state index in [9.17, 15) is 0 Å². The van der Waals surface area contributed by atoms with E-state index in [4.69, 9.17) is 4.98 Å². The number of hydrogen-bond acceptors (Lipinski definition) is 3. The Hall–Kier alpha value is -1.90. The number of aryl methyl sites for hydroxylation is 2. The van der Waals surface area contributed by atoms with Crippen LogP contribution in [0.4, 0.5) is 5.69 Å². The summed E-state index contributed by atoms with van der Waals surface area (Å²) in [7, 11) is 2.13. The van der Waals surface area contributed by atoms with Crippen molar-refractivity contribution in [2.24, 2.45) is 0 Å². The van der Waals surface area contributed by atoms with Gasteiger partial charge in [0.05, 0.1) is 17.1 Å². The molecule has 0 amide bonds. The minimum Gasteiger partial charge on any atom is -0.373 e. The van der Waals surface area contributed by atoms with Crippen LogP contribution in [0, 0.1) is 13.8 Å².